The van der Waals surface area contributed by atoms with Crippen LogP contribution in [0.15, 0.2) is 17.5 Å². The van der Waals surface area contributed by atoms with Gasteiger partial charge >= 0.3 is 0 Å². The van der Waals surface area contributed by atoms with Crippen molar-refractivity contribution in [2.45, 2.75) is 78.1 Å². The van der Waals surface area contributed by atoms with E-state index in [1.54, 1.807) is 7.11 Å². The van der Waals surface area contributed by atoms with Gasteiger partial charge in [0.2, 0.25) is 0 Å². The average molecular weight is 365 g/mol. The van der Waals surface area contributed by atoms with Crippen molar-refractivity contribution in [1.29, 1.82) is 0 Å². The van der Waals surface area contributed by atoms with E-state index in [0.717, 1.165) is 5.06 Å². The second kappa shape index (κ2) is 10.9. The Morgan fingerprint density at radius 3 is 2.12 bits per heavy atom. The number of aryl methyl sites for hydroxylation is 2. The van der Waals surface area contributed by atoms with Gasteiger partial charge < -0.3 is 4.74 Å². The topological polar surface area (TPSA) is 9.23 Å². The Balaban J connectivity index is 2.09. The minimum Gasteiger partial charge on any atom is -0.487 e. The van der Waals surface area contributed by atoms with Crippen LogP contribution < -0.4 is 4.74 Å². The third-order valence-electron chi connectivity index (χ3n) is 4.54. The van der Waals surface area contributed by atoms with E-state index in [4.69, 9.17) is 4.74 Å². The van der Waals surface area contributed by atoms with Crippen LogP contribution in [0.1, 0.15) is 76.3 Å². The van der Waals surface area contributed by atoms with Gasteiger partial charge in [0.05, 0.1) is 12.0 Å². The fourth-order valence-corrected chi connectivity index (χ4v) is 5.30. The first-order chi connectivity index (χ1) is 11.8. The normalized spacial score (nSPS) is 11.1. The zero-order valence-corrected chi connectivity index (χ0v) is 17.2. The molecule has 0 aliphatic carbocycles. The van der Waals surface area contributed by atoms with E-state index in [0.29, 0.717) is 0 Å². The lowest BCUT2D eigenvalue weighted by molar-refractivity contribution is 0.427. The lowest BCUT2D eigenvalue weighted by atomic mass is 10.0. The molecule has 0 fully saturated rings. The summed E-state index contributed by atoms with van der Waals surface area (Å²) in [6.07, 6.45) is 13.0. The van der Waals surface area contributed by atoms with Crippen LogP contribution in [0.3, 0.4) is 0 Å². The second-order valence-electron chi connectivity index (χ2n) is 6.52. The van der Waals surface area contributed by atoms with E-state index in [1.165, 1.54) is 85.1 Å². The van der Waals surface area contributed by atoms with E-state index in [2.05, 4.69) is 31.4 Å². The zero-order valence-electron chi connectivity index (χ0n) is 15.5. The van der Waals surface area contributed by atoms with Gasteiger partial charge in [0.25, 0.3) is 0 Å². The lowest BCUT2D eigenvalue weighted by Crippen LogP contribution is -1.89. The molecule has 3 heteroatoms. The number of rotatable bonds is 12. The maximum atomic E-state index is 5.54. The first-order valence-corrected chi connectivity index (χ1v) is 11.2. The summed E-state index contributed by atoms with van der Waals surface area (Å²) in [6.45, 7) is 4.55. The first kappa shape index (κ1) is 19.5. The molecule has 0 atom stereocenters. The highest BCUT2D eigenvalue weighted by Crippen LogP contribution is 2.42. The predicted octanol–water partition coefficient (Wildman–Crippen LogP) is 7.73. The van der Waals surface area contributed by atoms with Gasteiger partial charge in [-0.05, 0) is 54.3 Å². The third-order valence-corrected chi connectivity index (χ3v) is 6.80. The van der Waals surface area contributed by atoms with Crippen molar-refractivity contribution in [3.63, 3.8) is 0 Å². The Bertz CT molecular complexity index is 582. The number of thiophene rings is 2. The Labute approximate surface area is 156 Å². The van der Waals surface area contributed by atoms with Gasteiger partial charge in [0.15, 0.2) is 5.06 Å². The fourth-order valence-electron chi connectivity index (χ4n) is 3.10. The molecule has 24 heavy (non-hydrogen) atoms. The Kier molecular flexibility index (Phi) is 8.90. The Morgan fingerprint density at radius 2 is 1.50 bits per heavy atom. The Hall–Kier alpha value is -0.800. The van der Waals surface area contributed by atoms with Crippen molar-refractivity contribution >= 4 is 22.7 Å². The van der Waals surface area contributed by atoms with E-state index < -0.39 is 0 Å². The van der Waals surface area contributed by atoms with Gasteiger partial charge in [0, 0.05) is 4.88 Å². The second-order valence-corrected chi connectivity index (χ2v) is 8.45. The van der Waals surface area contributed by atoms with Crippen LogP contribution in [0.25, 0.3) is 9.75 Å². The summed E-state index contributed by atoms with van der Waals surface area (Å²) in [7, 11) is 1.79. The smallest absolute Gasteiger partial charge is 0.174 e. The van der Waals surface area contributed by atoms with Crippen molar-refractivity contribution in [2.24, 2.45) is 0 Å². The maximum Gasteiger partial charge on any atom is 0.174 e. The highest BCUT2D eigenvalue weighted by molar-refractivity contribution is 7.22. The fraction of sp³-hybridized carbons (Fsp3) is 0.619. The number of ether oxygens (including phenoxy) is 1. The molecule has 0 aliphatic rings. The van der Waals surface area contributed by atoms with E-state index in [-0.39, 0.29) is 0 Å². The van der Waals surface area contributed by atoms with Gasteiger partial charge in [-0.2, -0.15) is 0 Å². The largest absolute Gasteiger partial charge is 0.487 e. The summed E-state index contributed by atoms with van der Waals surface area (Å²) < 4.78 is 5.54. The van der Waals surface area contributed by atoms with Gasteiger partial charge in [-0.15, -0.1) is 11.3 Å². The standard InChI is InChI=1S/C21H32OS2/c1-4-6-8-10-12-17-14-15-23-20(17)21-18(13-11-9-7-5-2)16-19(22-3)24-21/h14-16H,4-13H2,1-3H3. The van der Waals surface area contributed by atoms with Crippen LogP contribution in [0, 0.1) is 0 Å². The molecule has 2 aromatic rings. The number of unbranched alkanes of at least 4 members (excludes halogenated alkanes) is 6. The Morgan fingerprint density at radius 1 is 0.833 bits per heavy atom. The van der Waals surface area contributed by atoms with E-state index >= 15 is 0 Å². The molecule has 0 radical (unpaired) electrons. The summed E-state index contributed by atoms with van der Waals surface area (Å²) in [5.74, 6) is 0. The molecule has 2 heterocycles. The summed E-state index contributed by atoms with van der Waals surface area (Å²) in [6, 6.07) is 4.60. The van der Waals surface area contributed by atoms with Crippen LogP contribution in [-0.4, -0.2) is 7.11 Å². The first-order valence-electron chi connectivity index (χ1n) is 9.53. The molecule has 0 aliphatic heterocycles. The highest BCUT2D eigenvalue weighted by Gasteiger charge is 2.16. The van der Waals surface area contributed by atoms with Crippen LogP contribution in [0.4, 0.5) is 0 Å². The molecule has 0 unspecified atom stereocenters. The molecule has 0 bridgehead atoms. The summed E-state index contributed by atoms with van der Waals surface area (Å²) >= 11 is 3.73. The minimum absolute atomic E-state index is 1.06. The van der Waals surface area contributed by atoms with Crippen molar-refractivity contribution < 1.29 is 4.74 Å². The minimum atomic E-state index is 1.06. The van der Waals surface area contributed by atoms with Crippen molar-refractivity contribution in [3.8, 4) is 14.8 Å². The van der Waals surface area contributed by atoms with Crippen LogP contribution >= 0.6 is 22.7 Å². The number of hydrogen-bond acceptors (Lipinski definition) is 3. The number of hydrogen-bond donors (Lipinski definition) is 0. The zero-order chi connectivity index (χ0) is 17.2. The molecule has 0 aromatic carbocycles. The van der Waals surface area contributed by atoms with Gasteiger partial charge in [-0.3, -0.25) is 0 Å². The van der Waals surface area contributed by atoms with Crippen LogP contribution in [-0.2, 0) is 12.8 Å². The summed E-state index contributed by atoms with van der Waals surface area (Å²) in [5, 5.41) is 3.32. The van der Waals surface area contributed by atoms with Gasteiger partial charge in [-0.25, -0.2) is 0 Å². The van der Waals surface area contributed by atoms with Gasteiger partial charge in [-0.1, -0.05) is 63.7 Å². The molecule has 134 valence electrons. The van der Waals surface area contributed by atoms with Gasteiger partial charge in [0.1, 0.15) is 0 Å². The van der Waals surface area contributed by atoms with Crippen molar-refractivity contribution in [3.05, 3.63) is 28.6 Å². The molecule has 0 N–H and O–H groups in total. The lowest BCUT2D eigenvalue weighted by Gasteiger charge is -2.06. The molecular weight excluding hydrogens is 332 g/mol. The molecular formula is C21H32OS2. The maximum absolute atomic E-state index is 5.54. The van der Waals surface area contributed by atoms with Crippen molar-refractivity contribution in [2.75, 3.05) is 7.11 Å². The van der Waals surface area contributed by atoms with Crippen LogP contribution in [0.2, 0.25) is 0 Å². The average Bonchev–Trinajstić information content (AvgIpc) is 3.21. The molecule has 0 amide bonds. The quantitative estimate of drug-likeness (QED) is 0.350. The third kappa shape index (κ3) is 5.63. The molecule has 0 spiro atoms. The molecule has 1 nitrogen and oxygen atoms in total. The summed E-state index contributed by atoms with van der Waals surface area (Å²) in [4.78, 5) is 2.95. The predicted molar refractivity (Wildman–Crippen MR) is 110 cm³/mol. The molecule has 0 saturated carbocycles. The molecule has 0 saturated heterocycles. The van der Waals surface area contributed by atoms with Crippen LogP contribution in [0.5, 0.6) is 5.06 Å². The molecule has 2 rings (SSSR count). The molecule has 2 aromatic heterocycles. The highest BCUT2D eigenvalue weighted by atomic mass is 32.1. The monoisotopic (exact) mass is 364 g/mol. The van der Waals surface area contributed by atoms with E-state index in [9.17, 15) is 0 Å². The van der Waals surface area contributed by atoms with Crippen molar-refractivity contribution in [1.82, 2.24) is 0 Å². The number of methoxy groups -OCH3 is 1. The van der Waals surface area contributed by atoms with E-state index in [1.807, 2.05) is 22.7 Å². The SMILES string of the molecule is CCCCCCc1ccsc1-c1sc(OC)cc1CCCCCC. The summed E-state index contributed by atoms with van der Waals surface area (Å²) in [5.41, 5.74) is 3.03.